The smallest absolute Gasteiger partial charge is 0.870 e. The summed E-state index contributed by atoms with van der Waals surface area (Å²) < 4.78 is 23.2. The number of hydrogen-bond donors (Lipinski definition) is 12. The Hall–Kier alpha value is -5.68. The summed E-state index contributed by atoms with van der Waals surface area (Å²) in [4.78, 5) is 101. The molecule has 5 aromatic carbocycles. The number of benzene rings is 5. The molecule has 2 saturated heterocycles. The topological polar surface area (TPSA) is 420 Å². The Bertz CT molecular complexity index is 3320. The molecule has 12 atom stereocenters. The van der Waals surface area contributed by atoms with Crippen molar-refractivity contribution in [2.24, 2.45) is 0 Å². The van der Waals surface area contributed by atoms with Gasteiger partial charge in [0.25, 0.3) is 23.6 Å². The first-order valence-electron chi connectivity index (χ1n) is 30.7. The molecule has 7 rings (SSSR count). The van der Waals surface area contributed by atoms with Crippen molar-refractivity contribution in [3.8, 4) is 22.3 Å². The van der Waals surface area contributed by atoms with E-state index in [0.29, 0.717) is 48.0 Å². The molecule has 2 fully saturated rings. The third-order valence-corrected chi connectivity index (χ3v) is 17.6. The number of amides is 6. The number of ether oxygens (including phenoxy) is 4. The van der Waals surface area contributed by atoms with Crippen molar-refractivity contribution in [1.82, 2.24) is 31.9 Å². The van der Waals surface area contributed by atoms with Crippen molar-refractivity contribution < 1.29 is 158 Å². The maximum atomic E-state index is 13.1. The van der Waals surface area contributed by atoms with Gasteiger partial charge in [-0.15, -0.1) is 0 Å². The fraction of sp³-hybridized carbons (Fsp3) is 0.433. The molecule has 0 aromatic heterocycles. The number of thioether (sulfide) groups is 2. The Kier molecular flexibility index (Phi) is 36.1. The summed E-state index contributed by atoms with van der Waals surface area (Å²) in [5, 5.41) is 95.2. The maximum Gasteiger partial charge on any atom is 1.00 e. The minimum atomic E-state index is -2.60. The molecule has 2 aliphatic heterocycles. The van der Waals surface area contributed by atoms with Gasteiger partial charge in [-0.25, -0.2) is 6.29 Å². The number of carbonyl (C=O) groups excluding carboxylic acids is 8. The van der Waals surface area contributed by atoms with E-state index in [4.69, 9.17) is 18.9 Å². The Labute approximate surface area is 614 Å². The van der Waals surface area contributed by atoms with Gasteiger partial charge in [0.1, 0.15) is 30.4 Å². The third-order valence-electron chi connectivity index (χ3n) is 15.5. The van der Waals surface area contributed by atoms with Crippen LogP contribution in [0.3, 0.4) is 0 Å². The number of unbranched alkanes of at least 4 members (excludes halogenated alkanes) is 1. The molecule has 514 valence electrons. The van der Waals surface area contributed by atoms with E-state index in [1.54, 1.807) is 73.0 Å². The number of rotatable bonds is 35. The van der Waals surface area contributed by atoms with E-state index >= 15 is 0 Å². The van der Waals surface area contributed by atoms with Crippen LogP contribution in [-0.2, 0) is 38.1 Å². The van der Waals surface area contributed by atoms with Crippen LogP contribution in [0.25, 0.3) is 22.3 Å². The Balaban J connectivity index is 0.00000667. The molecule has 97 heavy (non-hydrogen) atoms. The molecule has 0 saturated carbocycles. The van der Waals surface area contributed by atoms with E-state index in [-0.39, 0.29) is 107 Å². The van der Waals surface area contributed by atoms with Crippen LogP contribution in [0, 0.1) is 0 Å². The van der Waals surface area contributed by atoms with Crippen LogP contribution in [0.2, 0.25) is 0 Å². The second-order valence-corrected chi connectivity index (χ2v) is 25.0. The van der Waals surface area contributed by atoms with Gasteiger partial charge in [0.05, 0.1) is 48.9 Å². The summed E-state index contributed by atoms with van der Waals surface area (Å²) in [5.74, 6) is -7.77. The molecule has 2 aliphatic rings. The molecule has 0 radical (unpaired) electrons. The number of aliphatic hydroxyl groups excluding tert-OH is 6. The van der Waals surface area contributed by atoms with Crippen LogP contribution in [-0.4, -0.2) is 219 Å². The summed E-state index contributed by atoms with van der Waals surface area (Å²) in [6.45, 7) is 1.64. The number of carboxylic acid groups (broad SMARTS) is 1. The number of aliphatic carboxylic acids is 1. The average molecular weight is 1400 g/mol. The van der Waals surface area contributed by atoms with E-state index in [1.165, 1.54) is 36.5 Å². The standard InChI is InChI=1S/C67H81N6O19S2.2Na.H2O/c1-41(75)72-55-51(77)36-66(40-74,91-59(55)57(81)53(79)38-70-61(83)47-23-19-45(20-24-47)43-13-5-3-6-14-43)89-29-9-10-31-93-33-27-68-63(85)49-17-11-18-50(35-49)64(86)69-28-34-94-32-12-30-90-67(65(87)88)37-52(78)56(73-42(2)76)60(92-67)58(82)54(80)39-71-62(84)48-25-21-46(22-26-48)44-15-7-4-8-16-44;;;/h3-8,11,13-26,35,51-60,77-82H,9-10,12,27-34,36-39H2,1-2H3,(H,68,85)(H,69,86)(H,70,83)(H,71,84)(H,72,75)(H,73,76)(H,87,88);;;1H2/q-1;2*+1;/p-2/t51-,52-,53+,54+,55+,56+,57+,58+,59+,60+,66+,67+;;;/m0.../s1. The van der Waals surface area contributed by atoms with E-state index in [1.807, 2.05) is 60.7 Å². The molecule has 0 aliphatic carbocycles. The van der Waals surface area contributed by atoms with Gasteiger partial charge in [-0.3, -0.25) is 28.8 Å². The quantitative estimate of drug-likeness (QED) is 0.0103. The first-order valence-corrected chi connectivity index (χ1v) is 33.0. The number of aliphatic hydroxyl groups is 6. The number of carbonyl (C=O) groups is 7. The van der Waals surface area contributed by atoms with Gasteiger partial charge < -0.3 is 102 Å². The van der Waals surface area contributed by atoms with Gasteiger partial charge in [0.15, 0.2) is 0 Å². The van der Waals surface area contributed by atoms with Gasteiger partial charge >= 0.3 is 59.1 Å². The number of hydrogen-bond acceptors (Lipinski definition) is 22. The van der Waals surface area contributed by atoms with Gasteiger partial charge in [-0.05, 0) is 95.5 Å². The van der Waals surface area contributed by atoms with Crippen LogP contribution in [0.1, 0.15) is 87.4 Å². The van der Waals surface area contributed by atoms with Crippen LogP contribution < -0.4 is 96.1 Å². The van der Waals surface area contributed by atoms with E-state index in [2.05, 4.69) is 31.9 Å². The maximum absolute atomic E-state index is 13.1. The fourth-order valence-electron chi connectivity index (χ4n) is 10.6. The van der Waals surface area contributed by atoms with Crippen molar-refractivity contribution in [1.29, 1.82) is 0 Å². The number of nitrogens with one attached hydrogen (secondary N) is 6. The van der Waals surface area contributed by atoms with Crippen LogP contribution in [0.15, 0.2) is 133 Å². The SMILES string of the molecule is CC(=O)N[C@H]1[C@H]([C@H](O)[C@H](O)CNC(=O)c2ccc(-c3ccccc3)cc2)O[C@]([C-]=O)(OCCCCSCCNC(=O)c2cccc(C(=O)NCCSCCCO[C@]3(C(=O)[O-])C[C@H](O)[C@@H](NC(C)=O)[C@H]([C@H](O)[C@H](O)CNC(=O)c4ccc(-c5ccccc5)cc4)O3)c2)C[C@@H]1O.[Na+].[Na+].[OH-]. The van der Waals surface area contributed by atoms with Crippen molar-refractivity contribution in [3.05, 3.63) is 156 Å². The molecule has 30 heteroatoms. The predicted octanol–water partition coefficient (Wildman–Crippen LogP) is -5.15. The summed E-state index contributed by atoms with van der Waals surface area (Å²) in [7, 11) is 0. The normalized spacial score (nSPS) is 21.6. The van der Waals surface area contributed by atoms with Crippen LogP contribution in [0.5, 0.6) is 0 Å². The summed E-state index contributed by atoms with van der Waals surface area (Å²) >= 11 is 2.94. The van der Waals surface area contributed by atoms with Gasteiger partial charge in [-0.2, -0.15) is 23.5 Å². The first kappa shape index (κ1) is 83.7. The molecule has 0 bridgehead atoms. The van der Waals surface area contributed by atoms with Crippen LogP contribution >= 0.6 is 23.5 Å². The Morgan fingerprint density at radius 2 is 0.948 bits per heavy atom. The molecule has 13 N–H and O–H groups in total. The molecular weight excluding hydrogens is 1320 g/mol. The van der Waals surface area contributed by atoms with Crippen molar-refractivity contribution in [2.45, 2.75) is 118 Å². The predicted molar refractivity (Wildman–Crippen MR) is 348 cm³/mol. The zero-order valence-corrected chi connectivity index (χ0v) is 60.0. The summed E-state index contributed by atoms with van der Waals surface area (Å²) in [5.41, 5.74) is 4.73. The zero-order valence-electron chi connectivity index (χ0n) is 54.3. The second-order valence-electron chi connectivity index (χ2n) is 22.6. The molecule has 5 aromatic rings. The van der Waals surface area contributed by atoms with Gasteiger partial charge in [0.2, 0.25) is 17.6 Å². The molecule has 26 nitrogen and oxygen atoms in total. The van der Waals surface area contributed by atoms with E-state index < -0.39 is 140 Å². The first-order chi connectivity index (χ1) is 45.1. The number of carboxylic acids is 1. The van der Waals surface area contributed by atoms with Crippen molar-refractivity contribution in [2.75, 3.05) is 62.4 Å². The molecular formula is C67H81N6Na2O20S2-. The fourth-order valence-corrected chi connectivity index (χ4v) is 12.2. The van der Waals surface area contributed by atoms with Gasteiger partial charge in [-0.1, -0.05) is 91.0 Å². The summed E-state index contributed by atoms with van der Waals surface area (Å²) in [6.07, 6.45) is -11.8. The summed E-state index contributed by atoms with van der Waals surface area (Å²) in [6, 6.07) is 36.0. The monoisotopic (exact) mass is 1400 g/mol. The zero-order chi connectivity index (χ0) is 67.8. The Morgan fingerprint density at radius 1 is 0.536 bits per heavy atom. The van der Waals surface area contributed by atoms with E-state index in [0.717, 1.165) is 29.2 Å². The van der Waals surface area contributed by atoms with Crippen molar-refractivity contribution >= 4 is 71.2 Å². The van der Waals surface area contributed by atoms with Crippen molar-refractivity contribution in [3.63, 3.8) is 0 Å². The minimum absolute atomic E-state index is 0. The Morgan fingerprint density at radius 3 is 1.39 bits per heavy atom. The molecule has 2 heterocycles. The average Bonchev–Trinajstić information content (AvgIpc) is 0.785. The minimum Gasteiger partial charge on any atom is -0.870 e. The third kappa shape index (κ3) is 24.9. The van der Waals surface area contributed by atoms with Crippen LogP contribution in [0.4, 0.5) is 0 Å². The van der Waals surface area contributed by atoms with E-state index in [9.17, 15) is 74.1 Å². The molecule has 0 unspecified atom stereocenters. The molecule has 6 amide bonds. The second kappa shape index (κ2) is 41.8. The van der Waals surface area contributed by atoms with Gasteiger partial charge in [0, 0.05) is 93.2 Å². The molecule has 0 spiro atoms. The largest absolute Gasteiger partial charge is 1.00 e.